The van der Waals surface area contributed by atoms with Crippen LogP contribution in [-0.4, -0.2) is 27.1 Å². The van der Waals surface area contributed by atoms with Gasteiger partial charge in [0.1, 0.15) is 0 Å². The summed E-state index contributed by atoms with van der Waals surface area (Å²) >= 11 is 0. The molecular weight excluding hydrogens is 200 g/mol. The molecule has 1 fully saturated rings. The Morgan fingerprint density at radius 3 is 2.54 bits per heavy atom. The van der Waals surface area contributed by atoms with E-state index in [1.807, 2.05) is 0 Å². The van der Waals surface area contributed by atoms with Crippen molar-refractivity contribution in [2.24, 2.45) is 11.8 Å². The highest BCUT2D eigenvalue weighted by molar-refractivity contribution is 7.89. The second-order valence-electron chi connectivity index (χ2n) is 3.27. The lowest BCUT2D eigenvalue weighted by Gasteiger charge is -2.02. The van der Waals surface area contributed by atoms with Crippen LogP contribution in [0.2, 0.25) is 0 Å². The van der Waals surface area contributed by atoms with E-state index >= 15 is 0 Å². The molecule has 0 spiro atoms. The summed E-state index contributed by atoms with van der Waals surface area (Å²) < 4.78 is 48.5. The summed E-state index contributed by atoms with van der Waals surface area (Å²) in [6.07, 6.45) is -2.04. The Kier molecular flexibility index (Phi) is 3.23. The van der Waals surface area contributed by atoms with E-state index in [1.54, 1.807) is 6.92 Å². The van der Waals surface area contributed by atoms with Crippen molar-refractivity contribution in [3.8, 4) is 0 Å². The van der Waals surface area contributed by atoms with Gasteiger partial charge in [-0.2, -0.15) is 0 Å². The molecule has 0 aromatic heterocycles. The van der Waals surface area contributed by atoms with Gasteiger partial charge in [-0.15, -0.1) is 0 Å². The normalized spacial score (nSPS) is 28.0. The van der Waals surface area contributed by atoms with E-state index in [1.165, 1.54) is 0 Å². The molecule has 78 valence electrons. The van der Waals surface area contributed by atoms with Gasteiger partial charge in [-0.1, -0.05) is 6.92 Å². The summed E-state index contributed by atoms with van der Waals surface area (Å²) in [6.45, 7) is 1.98. The second kappa shape index (κ2) is 3.88. The predicted molar refractivity (Wildman–Crippen MR) is 45.1 cm³/mol. The Morgan fingerprint density at radius 2 is 2.15 bits per heavy atom. The van der Waals surface area contributed by atoms with Crippen molar-refractivity contribution >= 4 is 10.0 Å². The maximum atomic E-state index is 12.0. The van der Waals surface area contributed by atoms with Crippen LogP contribution in [0.15, 0.2) is 0 Å². The monoisotopic (exact) mass is 213 g/mol. The van der Waals surface area contributed by atoms with Crippen LogP contribution in [0.4, 0.5) is 8.78 Å². The lowest BCUT2D eigenvalue weighted by Crippen LogP contribution is -2.27. The van der Waals surface area contributed by atoms with Crippen LogP contribution in [0.1, 0.15) is 13.3 Å². The average molecular weight is 213 g/mol. The summed E-state index contributed by atoms with van der Waals surface area (Å²) in [4.78, 5) is 0. The molecule has 0 heterocycles. The van der Waals surface area contributed by atoms with Crippen LogP contribution in [0.3, 0.4) is 0 Å². The molecule has 6 heteroatoms. The third kappa shape index (κ3) is 3.19. The Labute approximate surface area is 76.6 Å². The van der Waals surface area contributed by atoms with Crippen molar-refractivity contribution in [3.63, 3.8) is 0 Å². The molecule has 1 rings (SSSR count). The fourth-order valence-corrected chi connectivity index (χ4v) is 2.84. The maximum absolute atomic E-state index is 12.0. The summed E-state index contributed by atoms with van der Waals surface area (Å²) in [5.74, 6) is -1.20. The van der Waals surface area contributed by atoms with E-state index in [-0.39, 0.29) is 11.7 Å². The number of nitrogens with one attached hydrogen (secondary N) is 1. The first-order chi connectivity index (χ1) is 5.96. The van der Waals surface area contributed by atoms with Gasteiger partial charge in [0, 0.05) is 12.5 Å². The Morgan fingerprint density at radius 1 is 1.54 bits per heavy atom. The first-order valence-corrected chi connectivity index (χ1v) is 5.87. The molecule has 1 aliphatic carbocycles. The molecular formula is C7H13F2NO2S. The Bertz CT molecular complexity index is 266. The average Bonchev–Trinajstić information content (AvgIpc) is 2.65. The lowest BCUT2D eigenvalue weighted by atomic mass is 10.4. The molecule has 0 unspecified atom stereocenters. The van der Waals surface area contributed by atoms with Gasteiger partial charge >= 0.3 is 0 Å². The van der Waals surface area contributed by atoms with Crippen LogP contribution >= 0.6 is 0 Å². The molecule has 0 aromatic carbocycles. The minimum absolute atomic E-state index is 0.157. The lowest BCUT2D eigenvalue weighted by molar-refractivity contribution is 0.117. The van der Waals surface area contributed by atoms with Crippen LogP contribution in [0, 0.1) is 11.8 Å². The topological polar surface area (TPSA) is 46.2 Å². The minimum atomic E-state index is -3.32. The largest absolute Gasteiger partial charge is 0.241 e. The zero-order valence-electron chi connectivity index (χ0n) is 7.33. The van der Waals surface area contributed by atoms with Crippen LogP contribution in [0.25, 0.3) is 0 Å². The fraction of sp³-hybridized carbons (Fsp3) is 1.00. The highest BCUT2D eigenvalue weighted by atomic mass is 32.2. The van der Waals surface area contributed by atoms with E-state index < -0.39 is 22.4 Å². The molecule has 1 N–H and O–H groups in total. The first kappa shape index (κ1) is 10.8. The number of sulfonamides is 1. The molecule has 2 atom stereocenters. The summed E-state index contributed by atoms with van der Waals surface area (Å²) in [5, 5.41) is 0. The third-order valence-electron chi connectivity index (χ3n) is 2.10. The zero-order valence-corrected chi connectivity index (χ0v) is 8.15. The Balaban J connectivity index is 2.36. The van der Waals surface area contributed by atoms with Gasteiger partial charge in [0.2, 0.25) is 16.4 Å². The van der Waals surface area contributed by atoms with Gasteiger partial charge < -0.3 is 0 Å². The molecule has 0 amide bonds. The third-order valence-corrected chi connectivity index (χ3v) is 3.69. The van der Waals surface area contributed by atoms with Crippen LogP contribution in [0.5, 0.6) is 0 Å². The molecule has 0 bridgehead atoms. The number of hydrogen-bond acceptors (Lipinski definition) is 2. The van der Waals surface area contributed by atoms with Gasteiger partial charge in [0.15, 0.2) is 0 Å². The standard InChI is InChI=1S/C7H13F2NO2S/c1-2-10-13(11,12)4-5-3-6(5)7(8)9/h5-7,10H,2-4H2,1H3/t5-,6-/m0/s1. The number of halogens is 2. The highest BCUT2D eigenvalue weighted by Gasteiger charge is 2.45. The highest BCUT2D eigenvalue weighted by Crippen LogP contribution is 2.43. The van der Waals surface area contributed by atoms with E-state index in [2.05, 4.69) is 4.72 Å². The smallest absolute Gasteiger partial charge is 0.216 e. The molecule has 0 saturated heterocycles. The molecule has 0 aromatic rings. The number of rotatable bonds is 5. The maximum Gasteiger partial charge on any atom is 0.241 e. The summed E-state index contributed by atoms with van der Waals surface area (Å²) in [6, 6.07) is 0. The summed E-state index contributed by atoms with van der Waals surface area (Å²) in [7, 11) is -3.32. The van der Waals surface area contributed by atoms with Crippen LogP contribution < -0.4 is 4.72 Å². The van der Waals surface area contributed by atoms with Crippen molar-refractivity contribution in [1.82, 2.24) is 4.72 Å². The molecule has 3 nitrogen and oxygen atoms in total. The van der Waals surface area contributed by atoms with Crippen molar-refractivity contribution < 1.29 is 17.2 Å². The van der Waals surface area contributed by atoms with Crippen LogP contribution in [-0.2, 0) is 10.0 Å². The molecule has 0 radical (unpaired) electrons. The predicted octanol–water partition coefficient (Wildman–Crippen LogP) is 0.827. The molecule has 1 aliphatic rings. The van der Waals surface area contributed by atoms with Gasteiger partial charge in [0.25, 0.3) is 0 Å². The van der Waals surface area contributed by atoms with Crippen molar-refractivity contribution in [2.75, 3.05) is 12.3 Å². The van der Waals surface area contributed by atoms with Crippen molar-refractivity contribution in [3.05, 3.63) is 0 Å². The van der Waals surface area contributed by atoms with Gasteiger partial charge in [-0.25, -0.2) is 21.9 Å². The first-order valence-electron chi connectivity index (χ1n) is 4.21. The van der Waals surface area contributed by atoms with Crippen molar-refractivity contribution in [2.45, 2.75) is 19.8 Å². The SMILES string of the molecule is CCNS(=O)(=O)C[C@@H]1C[C@@H]1C(F)F. The van der Waals surface area contributed by atoms with Gasteiger partial charge in [-0.3, -0.25) is 0 Å². The molecule has 1 saturated carbocycles. The van der Waals surface area contributed by atoms with Gasteiger partial charge in [0.05, 0.1) is 5.75 Å². The van der Waals surface area contributed by atoms with E-state index in [4.69, 9.17) is 0 Å². The molecule has 0 aliphatic heterocycles. The second-order valence-corrected chi connectivity index (χ2v) is 5.12. The fourth-order valence-electron chi connectivity index (χ4n) is 1.33. The van der Waals surface area contributed by atoms with Crippen molar-refractivity contribution in [1.29, 1.82) is 0 Å². The molecule has 13 heavy (non-hydrogen) atoms. The summed E-state index contributed by atoms with van der Waals surface area (Å²) in [5.41, 5.74) is 0. The number of alkyl halides is 2. The van der Waals surface area contributed by atoms with E-state index in [0.717, 1.165) is 0 Å². The quantitative estimate of drug-likeness (QED) is 0.735. The Hall–Kier alpha value is -0.230. The number of hydrogen-bond donors (Lipinski definition) is 1. The minimum Gasteiger partial charge on any atom is -0.216 e. The zero-order chi connectivity index (χ0) is 10.1. The van der Waals surface area contributed by atoms with E-state index in [0.29, 0.717) is 13.0 Å². The van der Waals surface area contributed by atoms with E-state index in [9.17, 15) is 17.2 Å². The van der Waals surface area contributed by atoms with Gasteiger partial charge in [-0.05, 0) is 12.3 Å².